The molecule has 1 rings (SSSR count). The summed E-state index contributed by atoms with van der Waals surface area (Å²) in [6.45, 7) is 1.15. The van der Waals surface area contributed by atoms with Crippen LogP contribution in [0.15, 0.2) is 18.2 Å². The number of carboxylic acids is 1. The van der Waals surface area contributed by atoms with Gasteiger partial charge in [0.1, 0.15) is 0 Å². The Morgan fingerprint density at radius 3 is 2.44 bits per heavy atom. The van der Waals surface area contributed by atoms with E-state index in [2.05, 4.69) is 5.32 Å². The largest absolute Gasteiger partial charge is 0.478 e. The summed E-state index contributed by atoms with van der Waals surface area (Å²) in [6.07, 6.45) is 0.436. The van der Waals surface area contributed by atoms with Gasteiger partial charge < -0.3 is 20.6 Å². The fourth-order valence-electron chi connectivity index (χ4n) is 1.53. The lowest BCUT2D eigenvalue weighted by atomic mass is 9.97. The topological polar surface area (TPSA) is 89.8 Å². The van der Waals surface area contributed by atoms with Crippen molar-refractivity contribution < 1.29 is 20.1 Å². The Kier molecular flexibility index (Phi) is 4.95. The minimum atomic E-state index is -1.10. The molecule has 0 aliphatic rings. The Labute approximate surface area is 110 Å². The Morgan fingerprint density at radius 1 is 1.39 bits per heavy atom. The summed E-state index contributed by atoms with van der Waals surface area (Å²) < 4.78 is 0. The summed E-state index contributed by atoms with van der Waals surface area (Å²) >= 11 is 5.82. The van der Waals surface area contributed by atoms with E-state index in [1.165, 1.54) is 18.2 Å². The Bertz CT molecular complexity index is 424. The zero-order chi connectivity index (χ0) is 13.8. The lowest BCUT2D eigenvalue weighted by Crippen LogP contribution is -2.45. The van der Waals surface area contributed by atoms with Crippen molar-refractivity contribution in [3.63, 3.8) is 0 Å². The van der Waals surface area contributed by atoms with Gasteiger partial charge in [-0.1, -0.05) is 18.5 Å². The van der Waals surface area contributed by atoms with Gasteiger partial charge in [-0.2, -0.15) is 0 Å². The molecular weight excluding hydrogens is 258 g/mol. The minimum absolute atomic E-state index is 0.0409. The first-order chi connectivity index (χ1) is 8.48. The SMILES string of the molecule is CCC(CO)(CO)Nc1cc(Cl)ccc1C(=O)O. The average Bonchev–Trinajstić information content (AvgIpc) is 2.36. The molecule has 6 heteroatoms. The van der Waals surface area contributed by atoms with Crippen molar-refractivity contribution in [2.75, 3.05) is 18.5 Å². The van der Waals surface area contributed by atoms with E-state index in [-0.39, 0.29) is 24.5 Å². The summed E-state index contributed by atoms with van der Waals surface area (Å²) in [5.41, 5.74) is -0.645. The van der Waals surface area contributed by atoms with Gasteiger partial charge in [-0.25, -0.2) is 4.79 Å². The zero-order valence-corrected chi connectivity index (χ0v) is 10.7. The van der Waals surface area contributed by atoms with Crippen molar-refractivity contribution in [2.24, 2.45) is 0 Å². The molecule has 0 radical (unpaired) electrons. The number of aromatic carboxylic acids is 1. The minimum Gasteiger partial charge on any atom is -0.478 e. The molecule has 0 unspecified atom stereocenters. The molecule has 18 heavy (non-hydrogen) atoms. The smallest absolute Gasteiger partial charge is 0.337 e. The van der Waals surface area contributed by atoms with Gasteiger partial charge in [-0.3, -0.25) is 0 Å². The maximum atomic E-state index is 11.1. The van der Waals surface area contributed by atoms with Crippen molar-refractivity contribution >= 4 is 23.3 Å². The molecule has 0 aliphatic carbocycles. The van der Waals surface area contributed by atoms with Crippen LogP contribution in [0, 0.1) is 0 Å². The van der Waals surface area contributed by atoms with Crippen molar-refractivity contribution in [1.82, 2.24) is 0 Å². The van der Waals surface area contributed by atoms with E-state index >= 15 is 0 Å². The predicted octanol–water partition coefficient (Wildman–Crippen LogP) is 1.58. The molecule has 1 aromatic carbocycles. The zero-order valence-electron chi connectivity index (χ0n) is 9.98. The molecule has 0 heterocycles. The molecule has 0 amide bonds. The summed E-state index contributed by atoms with van der Waals surface area (Å²) in [6, 6.07) is 4.31. The summed E-state index contributed by atoms with van der Waals surface area (Å²) in [5.74, 6) is -1.10. The standard InChI is InChI=1S/C12H16ClNO4/c1-2-12(6-15,7-16)14-10-5-8(13)3-4-9(10)11(17)18/h3-5,14-16H,2,6-7H2,1H3,(H,17,18). The fraction of sp³-hybridized carbons (Fsp3) is 0.417. The highest BCUT2D eigenvalue weighted by atomic mass is 35.5. The van der Waals surface area contributed by atoms with Crippen molar-refractivity contribution in [3.8, 4) is 0 Å². The van der Waals surface area contributed by atoms with Crippen LogP contribution >= 0.6 is 11.6 Å². The van der Waals surface area contributed by atoms with Crippen LogP contribution in [-0.2, 0) is 0 Å². The van der Waals surface area contributed by atoms with E-state index in [0.717, 1.165) is 0 Å². The molecule has 4 N–H and O–H groups in total. The predicted molar refractivity (Wildman–Crippen MR) is 69.2 cm³/mol. The van der Waals surface area contributed by atoms with E-state index in [4.69, 9.17) is 16.7 Å². The van der Waals surface area contributed by atoms with Gasteiger partial charge >= 0.3 is 5.97 Å². The highest BCUT2D eigenvalue weighted by Gasteiger charge is 2.28. The van der Waals surface area contributed by atoms with Gasteiger partial charge in [0.25, 0.3) is 0 Å². The first kappa shape index (κ1) is 14.8. The van der Waals surface area contributed by atoms with Crippen LogP contribution in [0.5, 0.6) is 0 Å². The number of halogens is 1. The number of rotatable bonds is 6. The molecule has 0 saturated heterocycles. The number of hydrogen-bond donors (Lipinski definition) is 4. The van der Waals surface area contributed by atoms with E-state index in [9.17, 15) is 15.0 Å². The van der Waals surface area contributed by atoms with Gasteiger partial charge in [0.05, 0.1) is 30.0 Å². The number of aliphatic hydroxyl groups is 2. The number of anilines is 1. The molecule has 0 aliphatic heterocycles. The summed E-state index contributed by atoms with van der Waals surface area (Å²) in [5, 5.41) is 31.0. The third kappa shape index (κ3) is 3.13. The molecule has 0 fully saturated rings. The lowest BCUT2D eigenvalue weighted by molar-refractivity contribution is 0.0697. The molecule has 0 aromatic heterocycles. The summed E-state index contributed by atoms with van der Waals surface area (Å²) in [4.78, 5) is 11.1. The number of aliphatic hydroxyl groups excluding tert-OH is 2. The van der Waals surface area contributed by atoms with Gasteiger partial charge in [0, 0.05) is 5.02 Å². The first-order valence-electron chi connectivity index (χ1n) is 5.50. The number of hydrogen-bond acceptors (Lipinski definition) is 4. The third-order valence-corrected chi connectivity index (χ3v) is 3.13. The molecule has 1 aromatic rings. The van der Waals surface area contributed by atoms with Crippen LogP contribution in [0.4, 0.5) is 5.69 Å². The summed E-state index contributed by atoms with van der Waals surface area (Å²) in [7, 11) is 0. The molecule has 5 nitrogen and oxygen atoms in total. The maximum Gasteiger partial charge on any atom is 0.337 e. The average molecular weight is 274 g/mol. The van der Waals surface area contributed by atoms with Gasteiger partial charge in [-0.15, -0.1) is 0 Å². The van der Waals surface area contributed by atoms with Crippen LogP contribution in [0.25, 0.3) is 0 Å². The number of carbonyl (C=O) groups is 1. The van der Waals surface area contributed by atoms with Crippen molar-refractivity contribution in [2.45, 2.75) is 18.9 Å². The number of nitrogens with one attached hydrogen (secondary N) is 1. The van der Waals surface area contributed by atoms with Crippen LogP contribution < -0.4 is 5.32 Å². The monoisotopic (exact) mass is 273 g/mol. The molecule has 0 spiro atoms. The van der Waals surface area contributed by atoms with Crippen molar-refractivity contribution in [3.05, 3.63) is 28.8 Å². The highest BCUT2D eigenvalue weighted by molar-refractivity contribution is 6.31. The second-order valence-electron chi connectivity index (χ2n) is 4.07. The van der Waals surface area contributed by atoms with Crippen LogP contribution in [0.1, 0.15) is 23.7 Å². The Morgan fingerprint density at radius 2 is 2.00 bits per heavy atom. The maximum absolute atomic E-state index is 11.1. The van der Waals surface area contributed by atoms with E-state index in [1.54, 1.807) is 6.92 Å². The van der Waals surface area contributed by atoms with Crippen LogP contribution in [-0.4, -0.2) is 40.0 Å². The Hall–Kier alpha value is -1.30. The fourth-order valence-corrected chi connectivity index (χ4v) is 1.71. The van der Waals surface area contributed by atoms with Crippen LogP contribution in [0.2, 0.25) is 5.02 Å². The van der Waals surface area contributed by atoms with Gasteiger partial charge in [-0.05, 0) is 24.6 Å². The Balaban J connectivity index is 3.16. The number of carboxylic acid groups (broad SMARTS) is 1. The van der Waals surface area contributed by atoms with E-state index in [1.807, 2.05) is 0 Å². The number of benzene rings is 1. The second kappa shape index (κ2) is 6.04. The van der Waals surface area contributed by atoms with E-state index < -0.39 is 11.5 Å². The molecule has 0 atom stereocenters. The van der Waals surface area contributed by atoms with Gasteiger partial charge in [0.15, 0.2) is 0 Å². The molecule has 0 saturated carbocycles. The van der Waals surface area contributed by atoms with Crippen LogP contribution in [0.3, 0.4) is 0 Å². The second-order valence-corrected chi connectivity index (χ2v) is 4.51. The van der Waals surface area contributed by atoms with Gasteiger partial charge in [0.2, 0.25) is 0 Å². The molecular formula is C12H16ClNO4. The highest BCUT2D eigenvalue weighted by Crippen LogP contribution is 2.25. The first-order valence-corrected chi connectivity index (χ1v) is 5.88. The quantitative estimate of drug-likeness (QED) is 0.632. The normalized spacial score (nSPS) is 11.3. The van der Waals surface area contributed by atoms with E-state index in [0.29, 0.717) is 11.4 Å². The van der Waals surface area contributed by atoms with Crippen molar-refractivity contribution in [1.29, 1.82) is 0 Å². The third-order valence-electron chi connectivity index (χ3n) is 2.89. The molecule has 100 valence electrons. The lowest BCUT2D eigenvalue weighted by Gasteiger charge is -2.31. The molecule has 0 bridgehead atoms.